The minimum Gasteiger partial charge on any atom is -0.356 e. The SMILES string of the molecule is O=C1CC(N2CCN(C(=O)c3nn4c(C(F)(F)F)cc(C5CC5)cc4c3Cl)CC2=O)CCN1. The van der Waals surface area contributed by atoms with Gasteiger partial charge in [0.1, 0.15) is 12.2 Å². The Morgan fingerprint density at radius 2 is 1.91 bits per heavy atom. The third kappa shape index (κ3) is 4.03. The first-order valence-electron chi connectivity index (χ1n) is 10.8. The van der Waals surface area contributed by atoms with Crippen LogP contribution in [0.4, 0.5) is 13.2 Å². The fraction of sp³-hybridized carbons (Fsp3) is 0.524. The standard InChI is InChI=1S/C21H21ClF3N5O3/c22-18-14-7-12(11-1-2-11)8-15(21(23,24)25)30(14)27-19(18)20(33)28-5-6-29(17(32)10-28)13-3-4-26-16(31)9-13/h7-8,11,13H,1-6,9-10H2,(H,26,31). The number of carbonyl (C=O) groups excluding carboxylic acids is 3. The van der Waals surface area contributed by atoms with Gasteiger partial charge in [0.25, 0.3) is 5.91 Å². The van der Waals surface area contributed by atoms with Crippen molar-refractivity contribution >= 4 is 34.8 Å². The number of carbonyl (C=O) groups is 3. The Morgan fingerprint density at radius 1 is 1.15 bits per heavy atom. The van der Waals surface area contributed by atoms with Crippen LogP contribution in [0, 0.1) is 0 Å². The minimum absolute atomic E-state index is 0.0231. The van der Waals surface area contributed by atoms with Crippen LogP contribution >= 0.6 is 11.6 Å². The molecule has 0 bridgehead atoms. The Balaban J connectivity index is 1.41. The van der Waals surface area contributed by atoms with Gasteiger partial charge in [0, 0.05) is 32.1 Å². The van der Waals surface area contributed by atoms with Crippen LogP contribution in [0.25, 0.3) is 5.52 Å². The Hall–Kier alpha value is -2.82. The van der Waals surface area contributed by atoms with Crippen LogP contribution in [0.5, 0.6) is 0 Å². The topological polar surface area (TPSA) is 87.0 Å². The van der Waals surface area contributed by atoms with Crippen LogP contribution < -0.4 is 5.32 Å². The van der Waals surface area contributed by atoms with Crippen molar-refractivity contribution in [3.63, 3.8) is 0 Å². The highest BCUT2D eigenvalue weighted by molar-refractivity contribution is 6.36. The highest BCUT2D eigenvalue weighted by Crippen LogP contribution is 2.43. The summed E-state index contributed by atoms with van der Waals surface area (Å²) in [6.45, 7) is 0.636. The number of hydrogen-bond acceptors (Lipinski definition) is 4. The molecule has 1 unspecified atom stereocenters. The number of hydrogen-bond donors (Lipinski definition) is 1. The van der Waals surface area contributed by atoms with Crippen molar-refractivity contribution in [3.8, 4) is 0 Å². The molecule has 0 spiro atoms. The van der Waals surface area contributed by atoms with Crippen molar-refractivity contribution in [2.24, 2.45) is 0 Å². The number of nitrogens with one attached hydrogen (secondary N) is 1. The molecule has 8 nitrogen and oxygen atoms in total. The van der Waals surface area contributed by atoms with E-state index >= 15 is 0 Å². The first-order chi connectivity index (χ1) is 15.6. The number of pyridine rings is 1. The van der Waals surface area contributed by atoms with E-state index in [0.717, 1.165) is 18.9 Å². The fourth-order valence-electron chi connectivity index (χ4n) is 4.56. The van der Waals surface area contributed by atoms with Gasteiger partial charge in [0.2, 0.25) is 11.8 Å². The molecule has 2 aromatic rings. The van der Waals surface area contributed by atoms with E-state index < -0.39 is 17.8 Å². The van der Waals surface area contributed by atoms with Gasteiger partial charge in [-0.25, -0.2) is 4.52 Å². The zero-order valence-corrected chi connectivity index (χ0v) is 18.2. The molecule has 0 aromatic carbocycles. The zero-order valence-electron chi connectivity index (χ0n) is 17.5. The predicted molar refractivity (Wildman–Crippen MR) is 111 cm³/mol. The molecule has 176 valence electrons. The molecule has 2 saturated heterocycles. The molecule has 0 radical (unpaired) electrons. The van der Waals surface area contributed by atoms with E-state index in [2.05, 4.69) is 10.4 Å². The average Bonchev–Trinajstić information content (AvgIpc) is 3.56. The fourth-order valence-corrected chi connectivity index (χ4v) is 4.81. The monoisotopic (exact) mass is 483 g/mol. The highest BCUT2D eigenvalue weighted by atomic mass is 35.5. The van der Waals surface area contributed by atoms with Crippen LogP contribution in [0.3, 0.4) is 0 Å². The van der Waals surface area contributed by atoms with E-state index in [9.17, 15) is 27.6 Å². The summed E-state index contributed by atoms with van der Waals surface area (Å²) in [5, 5.41) is 6.47. The predicted octanol–water partition coefficient (Wildman–Crippen LogP) is 2.45. The van der Waals surface area contributed by atoms with Crippen molar-refractivity contribution in [1.29, 1.82) is 0 Å². The van der Waals surface area contributed by atoms with Crippen LogP contribution in [0.1, 0.15) is 53.3 Å². The molecule has 3 fully saturated rings. The molecule has 2 aromatic heterocycles. The second kappa shape index (κ2) is 7.89. The molecule has 1 N–H and O–H groups in total. The lowest BCUT2D eigenvalue weighted by molar-refractivity contribution is -0.142. The minimum atomic E-state index is -4.67. The Morgan fingerprint density at radius 3 is 2.55 bits per heavy atom. The maximum atomic E-state index is 13.7. The van der Waals surface area contributed by atoms with Gasteiger partial charge in [-0.05, 0) is 42.9 Å². The molecule has 4 heterocycles. The average molecular weight is 484 g/mol. The summed E-state index contributed by atoms with van der Waals surface area (Å²) in [7, 11) is 0. The van der Waals surface area contributed by atoms with Crippen LogP contribution in [-0.4, -0.2) is 69.4 Å². The maximum absolute atomic E-state index is 13.7. The Kier molecular flexibility index (Phi) is 5.26. The molecular formula is C21H21ClF3N5O3. The number of amides is 3. The van der Waals surface area contributed by atoms with E-state index in [1.54, 1.807) is 11.0 Å². The molecule has 1 saturated carbocycles. The summed E-state index contributed by atoms with van der Waals surface area (Å²) in [5.74, 6) is -1.09. The van der Waals surface area contributed by atoms with E-state index in [0.29, 0.717) is 23.0 Å². The number of fused-ring (bicyclic) bond motifs is 1. The second-order valence-electron chi connectivity index (χ2n) is 8.72. The number of piperazine rings is 1. The lowest BCUT2D eigenvalue weighted by Gasteiger charge is -2.40. The summed E-state index contributed by atoms with van der Waals surface area (Å²) in [6.07, 6.45) is -2.22. The van der Waals surface area contributed by atoms with E-state index in [4.69, 9.17) is 11.6 Å². The van der Waals surface area contributed by atoms with Gasteiger partial charge in [-0.1, -0.05) is 11.6 Å². The lowest BCUT2D eigenvalue weighted by atomic mass is 10.0. The molecule has 1 aliphatic carbocycles. The highest BCUT2D eigenvalue weighted by Gasteiger charge is 2.39. The summed E-state index contributed by atoms with van der Waals surface area (Å²) < 4.78 is 41.8. The number of nitrogens with zero attached hydrogens (tertiary/aromatic N) is 4. The maximum Gasteiger partial charge on any atom is 0.433 e. The van der Waals surface area contributed by atoms with Gasteiger partial charge in [0.15, 0.2) is 5.69 Å². The summed E-state index contributed by atoms with van der Waals surface area (Å²) in [4.78, 5) is 40.3. The number of halogens is 4. The van der Waals surface area contributed by atoms with E-state index in [-0.39, 0.29) is 66.1 Å². The van der Waals surface area contributed by atoms with Gasteiger partial charge in [0.05, 0.1) is 10.5 Å². The molecule has 3 amide bonds. The van der Waals surface area contributed by atoms with Crippen LogP contribution in [0.15, 0.2) is 12.1 Å². The smallest absolute Gasteiger partial charge is 0.356 e. The quantitative estimate of drug-likeness (QED) is 0.726. The Labute approximate surface area is 191 Å². The number of aromatic nitrogens is 2. The molecule has 1 atom stereocenters. The third-order valence-electron chi connectivity index (χ3n) is 6.44. The first-order valence-corrected chi connectivity index (χ1v) is 11.2. The van der Waals surface area contributed by atoms with Gasteiger partial charge >= 0.3 is 6.18 Å². The van der Waals surface area contributed by atoms with E-state index in [1.165, 1.54) is 4.90 Å². The van der Waals surface area contributed by atoms with Gasteiger partial charge in [-0.2, -0.15) is 18.3 Å². The van der Waals surface area contributed by atoms with Crippen molar-refractivity contribution in [3.05, 3.63) is 34.1 Å². The third-order valence-corrected chi connectivity index (χ3v) is 6.82. The molecule has 2 aliphatic heterocycles. The van der Waals surface area contributed by atoms with Crippen molar-refractivity contribution in [2.45, 2.75) is 43.8 Å². The number of alkyl halides is 3. The van der Waals surface area contributed by atoms with Crippen molar-refractivity contribution in [1.82, 2.24) is 24.7 Å². The van der Waals surface area contributed by atoms with Crippen molar-refractivity contribution in [2.75, 3.05) is 26.2 Å². The summed E-state index contributed by atoms with van der Waals surface area (Å²) in [6, 6.07) is 2.39. The number of rotatable bonds is 3. The van der Waals surface area contributed by atoms with Crippen molar-refractivity contribution < 1.29 is 27.6 Å². The zero-order chi connectivity index (χ0) is 23.5. The normalized spacial score (nSPS) is 22.1. The van der Waals surface area contributed by atoms with Crippen LogP contribution in [-0.2, 0) is 15.8 Å². The molecule has 33 heavy (non-hydrogen) atoms. The molecule has 12 heteroatoms. The molecule has 5 rings (SSSR count). The van der Waals surface area contributed by atoms with Gasteiger partial charge < -0.3 is 15.1 Å². The summed E-state index contributed by atoms with van der Waals surface area (Å²) >= 11 is 6.36. The molecular weight excluding hydrogens is 463 g/mol. The summed E-state index contributed by atoms with van der Waals surface area (Å²) in [5.41, 5.74) is -0.751. The van der Waals surface area contributed by atoms with E-state index in [1.807, 2.05) is 0 Å². The Bertz CT molecular complexity index is 1160. The first kappa shape index (κ1) is 22.0. The largest absolute Gasteiger partial charge is 0.433 e. The number of piperidine rings is 1. The van der Waals surface area contributed by atoms with Gasteiger partial charge in [-0.15, -0.1) is 0 Å². The van der Waals surface area contributed by atoms with Gasteiger partial charge in [-0.3, -0.25) is 14.4 Å². The molecule has 3 aliphatic rings. The second-order valence-corrected chi connectivity index (χ2v) is 9.09. The lowest BCUT2D eigenvalue weighted by Crippen LogP contribution is -2.57. The van der Waals surface area contributed by atoms with Crippen LogP contribution in [0.2, 0.25) is 5.02 Å².